The molecule has 1 aromatic rings. The van der Waals surface area contributed by atoms with Crippen molar-refractivity contribution in [3.05, 3.63) is 34.9 Å². The zero-order valence-electron chi connectivity index (χ0n) is 8.84. The summed E-state index contributed by atoms with van der Waals surface area (Å²) < 4.78 is 0. The minimum atomic E-state index is 0.564. The molecule has 2 heteroatoms. The van der Waals surface area contributed by atoms with Crippen LogP contribution in [0.25, 0.3) is 0 Å². The Kier molecular flexibility index (Phi) is 3.14. The average Bonchev–Trinajstić information content (AvgIpc) is 2.20. The van der Waals surface area contributed by atoms with Gasteiger partial charge < -0.3 is 5.32 Å². The fourth-order valence-electron chi connectivity index (χ4n) is 2.03. The Hall–Kier alpha value is -0.470. The molecule has 1 aromatic carbocycles. The molecule has 0 amide bonds. The quantitative estimate of drug-likeness (QED) is 0.800. The highest BCUT2D eigenvalue weighted by atomic mass is 32.2. The normalized spacial score (nSPS) is 20.6. The summed E-state index contributed by atoms with van der Waals surface area (Å²) in [6.07, 6.45) is 0. The molecule has 0 aromatic heterocycles. The second-order valence-electron chi connectivity index (χ2n) is 3.77. The summed E-state index contributed by atoms with van der Waals surface area (Å²) in [5.74, 6) is 2.40. The third-order valence-corrected chi connectivity index (χ3v) is 3.87. The van der Waals surface area contributed by atoms with Crippen LogP contribution in [-0.4, -0.2) is 12.3 Å². The van der Waals surface area contributed by atoms with E-state index < -0.39 is 0 Å². The summed E-state index contributed by atoms with van der Waals surface area (Å²) in [5, 5.41) is 3.55. The fourth-order valence-corrected chi connectivity index (χ4v) is 3.28. The molecule has 1 aliphatic heterocycles. The molecule has 1 N–H and O–H groups in total. The average molecular weight is 207 g/mol. The molecule has 76 valence electrons. The first-order valence-corrected chi connectivity index (χ1v) is 6.38. The van der Waals surface area contributed by atoms with E-state index in [1.54, 1.807) is 5.56 Å². The highest BCUT2D eigenvalue weighted by Crippen LogP contribution is 2.33. The SMILES string of the molecule is CCNC1CSCc2c(C)cccc21. The number of rotatable bonds is 2. The van der Waals surface area contributed by atoms with Crippen molar-refractivity contribution in [2.24, 2.45) is 0 Å². The van der Waals surface area contributed by atoms with Crippen LogP contribution in [0.1, 0.15) is 29.7 Å². The van der Waals surface area contributed by atoms with Crippen molar-refractivity contribution in [3.63, 3.8) is 0 Å². The number of benzene rings is 1. The van der Waals surface area contributed by atoms with Gasteiger partial charge in [-0.25, -0.2) is 0 Å². The van der Waals surface area contributed by atoms with Crippen molar-refractivity contribution in [2.45, 2.75) is 25.6 Å². The van der Waals surface area contributed by atoms with Crippen LogP contribution in [0.5, 0.6) is 0 Å². The maximum atomic E-state index is 3.55. The minimum absolute atomic E-state index is 0.564. The molecule has 0 radical (unpaired) electrons. The Balaban J connectivity index is 2.34. The first-order chi connectivity index (χ1) is 6.83. The van der Waals surface area contributed by atoms with Crippen molar-refractivity contribution >= 4 is 11.8 Å². The van der Waals surface area contributed by atoms with E-state index in [2.05, 4.69) is 37.4 Å². The lowest BCUT2D eigenvalue weighted by Crippen LogP contribution is -2.26. The molecule has 0 spiro atoms. The maximum absolute atomic E-state index is 3.55. The van der Waals surface area contributed by atoms with Crippen LogP contribution in [0, 0.1) is 6.92 Å². The first kappa shape index (κ1) is 10.1. The van der Waals surface area contributed by atoms with E-state index in [0.29, 0.717) is 6.04 Å². The van der Waals surface area contributed by atoms with E-state index in [1.807, 2.05) is 11.8 Å². The van der Waals surface area contributed by atoms with Crippen LogP contribution in [0.15, 0.2) is 18.2 Å². The Morgan fingerprint density at radius 3 is 3.14 bits per heavy atom. The highest BCUT2D eigenvalue weighted by molar-refractivity contribution is 7.98. The van der Waals surface area contributed by atoms with Gasteiger partial charge in [0.05, 0.1) is 0 Å². The topological polar surface area (TPSA) is 12.0 Å². The molecule has 14 heavy (non-hydrogen) atoms. The van der Waals surface area contributed by atoms with Gasteiger partial charge in [-0.1, -0.05) is 25.1 Å². The molecule has 1 nitrogen and oxygen atoms in total. The van der Waals surface area contributed by atoms with Crippen LogP contribution in [-0.2, 0) is 5.75 Å². The number of fused-ring (bicyclic) bond motifs is 1. The Labute approximate surface area is 90.3 Å². The van der Waals surface area contributed by atoms with E-state index in [9.17, 15) is 0 Å². The smallest absolute Gasteiger partial charge is 0.0415 e. The van der Waals surface area contributed by atoms with Gasteiger partial charge in [-0.3, -0.25) is 0 Å². The molecule has 1 aliphatic rings. The summed E-state index contributed by atoms with van der Waals surface area (Å²) >= 11 is 2.04. The van der Waals surface area contributed by atoms with Crippen molar-refractivity contribution in [1.29, 1.82) is 0 Å². The lowest BCUT2D eigenvalue weighted by Gasteiger charge is -2.26. The maximum Gasteiger partial charge on any atom is 0.0415 e. The summed E-state index contributed by atoms with van der Waals surface area (Å²) in [4.78, 5) is 0. The van der Waals surface area contributed by atoms with Crippen LogP contribution >= 0.6 is 11.8 Å². The summed E-state index contributed by atoms with van der Waals surface area (Å²) in [6.45, 7) is 5.45. The van der Waals surface area contributed by atoms with Gasteiger partial charge in [0, 0.05) is 17.5 Å². The van der Waals surface area contributed by atoms with Crippen molar-refractivity contribution in [1.82, 2.24) is 5.32 Å². The third-order valence-electron chi connectivity index (χ3n) is 2.80. The van der Waals surface area contributed by atoms with Gasteiger partial charge in [0.1, 0.15) is 0 Å². The van der Waals surface area contributed by atoms with E-state index in [-0.39, 0.29) is 0 Å². The molecule has 0 saturated heterocycles. The van der Waals surface area contributed by atoms with Crippen LogP contribution in [0.4, 0.5) is 0 Å². The number of nitrogens with one attached hydrogen (secondary N) is 1. The molecular weight excluding hydrogens is 190 g/mol. The van der Waals surface area contributed by atoms with Gasteiger partial charge in [-0.05, 0) is 30.2 Å². The summed E-state index contributed by atoms with van der Waals surface area (Å²) in [7, 11) is 0. The van der Waals surface area contributed by atoms with Gasteiger partial charge in [0.25, 0.3) is 0 Å². The molecule has 2 rings (SSSR count). The molecule has 0 aliphatic carbocycles. The number of aryl methyl sites for hydroxylation is 1. The monoisotopic (exact) mass is 207 g/mol. The molecule has 0 fully saturated rings. The number of thioether (sulfide) groups is 1. The molecule has 1 heterocycles. The Morgan fingerprint density at radius 2 is 2.36 bits per heavy atom. The lowest BCUT2D eigenvalue weighted by atomic mass is 9.98. The Bertz CT molecular complexity index is 322. The van der Waals surface area contributed by atoms with Crippen molar-refractivity contribution < 1.29 is 0 Å². The van der Waals surface area contributed by atoms with Gasteiger partial charge in [-0.15, -0.1) is 0 Å². The predicted octanol–water partition coefficient (Wildman–Crippen LogP) is 2.89. The minimum Gasteiger partial charge on any atom is -0.309 e. The van der Waals surface area contributed by atoms with Crippen LogP contribution in [0.3, 0.4) is 0 Å². The number of hydrogen-bond acceptors (Lipinski definition) is 2. The summed E-state index contributed by atoms with van der Waals surface area (Å²) in [6, 6.07) is 7.23. The zero-order chi connectivity index (χ0) is 9.97. The number of hydrogen-bond donors (Lipinski definition) is 1. The van der Waals surface area contributed by atoms with E-state index in [1.165, 1.54) is 22.6 Å². The van der Waals surface area contributed by atoms with Gasteiger partial charge in [0.2, 0.25) is 0 Å². The second-order valence-corrected chi connectivity index (χ2v) is 4.80. The van der Waals surface area contributed by atoms with Crippen LogP contribution in [0.2, 0.25) is 0 Å². The molecule has 1 atom stereocenters. The van der Waals surface area contributed by atoms with Gasteiger partial charge >= 0.3 is 0 Å². The first-order valence-electron chi connectivity index (χ1n) is 5.22. The van der Waals surface area contributed by atoms with Gasteiger partial charge in [-0.2, -0.15) is 11.8 Å². The van der Waals surface area contributed by atoms with Gasteiger partial charge in [0.15, 0.2) is 0 Å². The fraction of sp³-hybridized carbons (Fsp3) is 0.500. The second kappa shape index (κ2) is 4.37. The van der Waals surface area contributed by atoms with Crippen molar-refractivity contribution in [3.8, 4) is 0 Å². The van der Waals surface area contributed by atoms with E-state index in [0.717, 1.165) is 6.54 Å². The Morgan fingerprint density at radius 1 is 1.50 bits per heavy atom. The largest absolute Gasteiger partial charge is 0.309 e. The van der Waals surface area contributed by atoms with Crippen LogP contribution < -0.4 is 5.32 Å². The predicted molar refractivity (Wildman–Crippen MR) is 63.8 cm³/mol. The molecule has 0 bridgehead atoms. The standard InChI is InChI=1S/C12H17NS/c1-3-13-12-8-14-7-11-9(2)5-4-6-10(11)12/h4-6,12-13H,3,7-8H2,1-2H3. The molecular formula is C12H17NS. The third kappa shape index (κ3) is 1.82. The lowest BCUT2D eigenvalue weighted by molar-refractivity contribution is 0.597. The van der Waals surface area contributed by atoms with E-state index >= 15 is 0 Å². The zero-order valence-corrected chi connectivity index (χ0v) is 9.66. The van der Waals surface area contributed by atoms with Crippen molar-refractivity contribution in [2.75, 3.05) is 12.3 Å². The molecule has 1 unspecified atom stereocenters. The summed E-state index contributed by atoms with van der Waals surface area (Å²) in [5.41, 5.74) is 4.51. The highest BCUT2D eigenvalue weighted by Gasteiger charge is 2.20. The van der Waals surface area contributed by atoms with E-state index in [4.69, 9.17) is 0 Å². The molecule has 0 saturated carbocycles.